The zero-order chi connectivity index (χ0) is 49.0. The Kier molecular flexibility index (Phi) is 22.1. The van der Waals surface area contributed by atoms with Gasteiger partial charge in [0.2, 0.25) is 17.5 Å². The number of carbonyl (C=O) groups excluding carboxylic acids is 7. The lowest BCUT2D eigenvalue weighted by molar-refractivity contribution is -0.163. The van der Waals surface area contributed by atoms with Gasteiger partial charge in [0.1, 0.15) is 31.3 Å². The molecule has 1 aliphatic rings. The molecule has 2 aromatic rings. The smallest absolute Gasteiger partial charge is 0.374 e. The molecule has 0 spiro atoms. The Balaban J connectivity index is 2.09. The number of Topliss-reactive ketones (excluding diaryl/α,β-unsaturated/α-hetero) is 2. The second-order valence-electron chi connectivity index (χ2n) is 16.8. The van der Waals surface area contributed by atoms with E-state index in [2.05, 4.69) is 32.0 Å². The molecule has 0 bridgehead atoms. The first-order chi connectivity index (χ1) is 31.3. The van der Waals surface area contributed by atoms with E-state index in [1.54, 1.807) is 6.07 Å². The molecule has 0 radical (unpaired) electrons. The highest BCUT2D eigenvalue weighted by Gasteiger charge is 2.38. The second kappa shape index (κ2) is 26.8. The number of ether oxygens (including phenoxy) is 7. The van der Waals surface area contributed by atoms with E-state index < -0.39 is 78.9 Å². The largest absolute Gasteiger partial charge is 0.490 e. The maximum absolute atomic E-state index is 16.4. The fraction of sp³-hybridized carbons (Fsp3) is 0.500. The molecule has 16 heteroatoms. The molecule has 0 atom stereocenters. The van der Waals surface area contributed by atoms with Crippen molar-refractivity contribution in [1.29, 1.82) is 0 Å². The number of hydrogen-bond acceptors (Lipinski definition) is 14. The van der Waals surface area contributed by atoms with Gasteiger partial charge in [0.25, 0.3) is 0 Å². The van der Waals surface area contributed by atoms with Crippen molar-refractivity contribution in [3.05, 3.63) is 78.2 Å². The molecule has 1 amide bonds. The fourth-order valence-corrected chi connectivity index (χ4v) is 7.02. The van der Waals surface area contributed by atoms with Crippen LogP contribution in [0.1, 0.15) is 103 Å². The molecular weight excluding hydrogens is 858 g/mol. The van der Waals surface area contributed by atoms with Crippen LogP contribution in [0, 0.1) is 17.2 Å². The van der Waals surface area contributed by atoms with E-state index in [1.165, 1.54) is 66.0 Å². The van der Waals surface area contributed by atoms with Crippen molar-refractivity contribution in [3.63, 3.8) is 0 Å². The monoisotopic (exact) mass is 921 g/mol. The number of ketones is 2. The quantitative estimate of drug-likeness (QED) is 0.0287. The van der Waals surface area contributed by atoms with Gasteiger partial charge in [0.15, 0.2) is 11.6 Å². The summed E-state index contributed by atoms with van der Waals surface area (Å²) in [5, 5.41) is 2.58. The molecule has 15 nitrogen and oxygen atoms in total. The van der Waals surface area contributed by atoms with E-state index >= 15 is 4.39 Å². The van der Waals surface area contributed by atoms with Crippen LogP contribution in [0.3, 0.4) is 0 Å². The molecule has 1 saturated carbocycles. The third kappa shape index (κ3) is 16.8. The number of hydrogen-bond donors (Lipinski definition) is 1. The van der Waals surface area contributed by atoms with E-state index in [-0.39, 0.29) is 77.1 Å². The third-order valence-corrected chi connectivity index (χ3v) is 11.0. The summed E-state index contributed by atoms with van der Waals surface area (Å²) in [7, 11) is 2.68. The molecule has 0 unspecified atom stereocenters. The number of halogens is 1. The van der Waals surface area contributed by atoms with Crippen molar-refractivity contribution >= 4 is 41.4 Å². The van der Waals surface area contributed by atoms with Gasteiger partial charge in [-0.25, -0.2) is 23.6 Å². The van der Waals surface area contributed by atoms with Crippen molar-refractivity contribution in [3.8, 4) is 28.4 Å². The number of rotatable bonds is 28. The van der Waals surface area contributed by atoms with Crippen LogP contribution in [-0.2, 0) is 52.5 Å². The van der Waals surface area contributed by atoms with Gasteiger partial charge in [-0.15, -0.1) is 0 Å². The number of amides is 1. The fourth-order valence-electron chi connectivity index (χ4n) is 7.02. The molecule has 0 heterocycles. The highest BCUT2D eigenvalue weighted by Crippen LogP contribution is 2.46. The normalized spacial score (nSPS) is 14.6. The van der Waals surface area contributed by atoms with E-state index in [1.807, 2.05) is 0 Å². The van der Waals surface area contributed by atoms with Crippen LogP contribution in [0.4, 0.5) is 4.39 Å². The van der Waals surface area contributed by atoms with Crippen LogP contribution >= 0.6 is 0 Å². The van der Waals surface area contributed by atoms with E-state index in [0.717, 1.165) is 44.6 Å². The predicted molar refractivity (Wildman–Crippen MR) is 242 cm³/mol. The first kappa shape index (κ1) is 54.3. The maximum Gasteiger partial charge on any atom is 0.374 e. The van der Waals surface area contributed by atoms with Crippen LogP contribution in [0.2, 0.25) is 0 Å². The average Bonchev–Trinajstić information content (AvgIpc) is 3.29. The summed E-state index contributed by atoms with van der Waals surface area (Å²) in [6.45, 7) is 15.0. The molecule has 0 saturated heterocycles. The van der Waals surface area contributed by atoms with Crippen LogP contribution in [0.15, 0.2) is 66.8 Å². The third-order valence-electron chi connectivity index (χ3n) is 11.0. The van der Waals surface area contributed by atoms with Crippen LogP contribution in [0.5, 0.6) is 17.2 Å². The summed E-state index contributed by atoms with van der Waals surface area (Å²) in [4.78, 5) is 89.2. The molecule has 2 aromatic carbocycles. The summed E-state index contributed by atoms with van der Waals surface area (Å²) in [6.07, 6.45) is 7.59. The lowest BCUT2D eigenvalue weighted by Gasteiger charge is -2.32. The van der Waals surface area contributed by atoms with Gasteiger partial charge in [0.05, 0.1) is 18.6 Å². The first-order valence-electron chi connectivity index (χ1n) is 22.0. The molecule has 66 heavy (non-hydrogen) atoms. The van der Waals surface area contributed by atoms with Gasteiger partial charge in [-0.2, -0.15) is 0 Å². The van der Waals surface area contributed by atoms with Gasteiger partial charge in [0, 0.05) is 61.5 Å². The Morgan fingerprint density at radius 1 is 0.697 bits per heavy atom. The highest BCUT2D eigenvalue weighted by atomic mass is 19.1. The molecule has 1 N–H and O–H groups in total. The van der Waals surface area contributed by atoms with Gasteiger partial charge < -0.3 is 38.5 Å². The van der Waals surface area contributed by atoms with Crippen LogP contribution < -0.4 is 19.5 Å². The Hall–Kier alpha value is -6.00. The first-order valence-corrected chi connectivity index (χ1v) is 22.0. The van der Waals surface area contributed by atoms with Crippen molar-refractivity contribution in [2.75, 3.05) is 53.8 Å². The minimum Gasteiger partial charge on any atom is -0.490 e. The zero-order valence-electron chi connectivity index (χ0n) is 39.1. The lowest BCUT2D eigenvalue weighted by atomic mass is 9.76. The topological polar surface area (TPSA) is 196 Å². The van der Waals surface area contributed by atoms with Gasteiger partial charge >= 0.3 is 23.9 Å². The highest BCUT2D eigenvalue weighted by molar-refractivity contribution is 6.34. The van der Waals surface area contributed by atoms with Gasteiger partial charge in [-0.3, -0.25) is 14.4 Å². The Labute approximate surface area is 386 Å². The van der Waals surface area contributed by atoms with Gasteiger partial charge in [-0.1, -0.05) is 58.4 Å². The second-order valence-corrected chi connectivity index (χ2v) is 16.8. The van der Waals surface area contributed by atoms with Crippen molar-refractivity contribution < 1.29 is 71.1 Å². The molecule has 0 aliphatic heterocycles. The SMILES string of the molecule is C=C(C)C(=O)NCC(COC(=O)C(=O)CCOC)(COC(=O)C(=O)CCOC)COc1ccc(-c2cc(OC(=O)C(=C)C)c(C3CCC(CCCCC)CC3)cc2OC(=O)C(=C)C)cc1F. The summed E-state index contributed by atoms with van der Waals surface area (Å²) < 4.78 is 54.4. The summed E-state index contributed by atoms with van der Waals surface area (Å²) >= 11 is 0. The molecule has 3 rings (SSSR count). The van der Waals surface area contributed by atoms with Crippen molar-refractivity contribution in [1.82, 2.24) is 5.32 Å². The van der Waals surface area contributed by atoms with E-state index in [0.29, 0.717) is 11.5 Å². The Morgan fingerprint density at radius 2 is 1.26 bits per heavy atom. The summed E-state index contributed by atoms with van der Waals surface area (Å²) in [5.41, 5.74) is -0.320. The number of carbonyl (C=O) groups is 7. The minimum atomic E-state index is -1.72. The number of esters is 4. The summed E-state index contributed by atoms with van der Waals surface area (Å²) in [6, 6.07) is 7.00. The Morgan fingerprint density at radius 3 is 1.76 bits per heavy atom. The number of unbranched alkanes of at least 4 members (excludes halogenated alkanes) is 2. The maximum atomic E-state index is 16.4. The van der Waals surface area contributed by atoms with Crippen LogP contribution in [0.25, 0.3) is 11.1 Å². The number of nitrogens with one attached hydrogen (secondary N) is 1. The molecule has 1 aliphatic carbocycles. The number of methoxy groups -OCH3 is 2. The van der Waals surface area contributed by atoms with Crippen molar-refractivity contribution in [2.45, 2.75) is 97.8 Å². The molecule has 1 fully saturated rings. The zero-order valence-corrected chi connectivity index (χ0v) is 39.1. The molecular formula is C50H64FNO14. The van der Waals surface area contributed by atoms with Crippen molar-refractivity contribution in [2.24, 2.45) is 11.3 Å². The predicted octanol–water partition coefficient (Wildman–Crippen LogP) is 7.66. The Bertz CT molecular complexity index is 2080. The molecule has 360 valence electrons. The standard InChI is InChI=1S/C50H64FNO14/c1-10-11-12-13-34-14-16-35(17-15-34)37-25-44(66-47(57)33(6)7)38(26-43(37)65-46(56)32(4)5)36-18-19-42(39(51)24-36)62-28-50(27-52-45(55)31(2)3,29-63-48(58)40(53)20-22-60-8)30-64-49(59)41(54)21-23-61-9/h18-19,24-26,34-35H,2,4,6,10-17,20-23,27-30H2,1,3,5,7-9H3,(H,52,55). The summed E-state index contributed by atoms with van der Waals surface area (Å²) in [5.74, 6) is -6.92. The molecule has 0 aromatic heterocycles. The van der Waals surface area contributed by atoms with E-state index in [4.69, 9.17) is 33.2 Å². The van der Waals surface area contributed by atoms with Crippen LogP contribution in [-0.4, -0.2) is 95.1 Å². The minimum absolute atomic E-state index is 0.0323. The van der Waals surface area contributed by atoms with E-state index in [9.17, 15) is 33.6 Å². The lowest BCUT2D eigenvalue weighted by Crippen LogP contribution is -2.49. The average molecular weight is 922 g/mol. The van der Waals surface area contributed by atoms with Gasteiger partial charge in [-0.05, 0) is 88.1 Å². The number of benzene rings is 2.